The van der Waals surface area contributed by atoms with Gasteiger partial charge in [0, 0.05) is 6.07 Å². The Balaban J connectivity index is 2.47. The van der Waals surface area contributed by atoms with Crippen LogP contribution >= 0.6 is 0 Å². The lowest BCUT2D eigenvalue weighted by atomic mass is 10.2. The van der Waals surface area contributed by atoms with Crippen molar-refractivity contribution in [3.8, 4) is 17.2 Å². The topological polar surface area (TPSA) is 142 Å². The molecule has 14 heteroatoms. The van der Waals surface area contributed by atoms with Crippen LogP contribution in [0.1, 0.15) is 10.4 Å². The van der Waals surface area contributed by atoms with Gasteiger partial charge < -0.3 is 29.0 Å². The molecule has 0 atom stereocenters. The van der Waals surface area contributed by atoms with Gasteiger partial charge in [-0.25, -0.2) is 22.0 Å². The first-order valence-corrected chi connectivity index (χ1v) is 9.58. The molecule has 0 aliphatic heterocycles. The van der Waals surface area contributed by atoms with Gasteiger partial charge in [0.05, 0.1) is 18.8 Å². The van der Waals surface area contributed by atoms with Crippen LogP contribution in [0, 0.1) is 23.3 Å². The van der Waals surface area contributed by atoms with Gasteiger partial charge in [-0.15, -0.1) is 0 Å². The molecule has 31 heavy (non-hydrogen) atoms. The number of halogens is 4. The molecule has 0 saturated heterocycles. The third-order valence-electron chi connectivity index (χ3n) is 3.46. The Kier molecular flexibility index (Phi) is 7.78. The number of aliphatic hydroxyl groups excluding tert-OH is 2. The minimum absolute atomic E-state index is 0.0810. The van der Waals surface area contributed by atoms with Gasteiger partial charge in [-0.2, -0.15) is 8.78 Å². The van der Waals surface area contributed by atoms with Crippen LogP contribution in [0.3, 0.4) is 0 Å². The average molecular weight is 469 g/mol. The Bertz CT molecular complexity index is 1030. The van der Waals surface area contributed by atoms with Crippen molar-refractivity contribution in [1.82, 2.24) is 0 Å². The summed E-state index contributed by atoms with van der Waals surface area (Å²) in [7, 11) is -5.93. The van der Waals surface area contributed by atoms with E-state index < -0.39 is 68.8 Å². The van der Waals surface area contributed by atoms with Crippen LogP contribution in [0.2, 0.25) is 0 Å². The zero-order valence-electron chi connectivity index (χ0n) is 15.2. The van der Waals surface area contributed by atoms with Crippen LogP contribution in [0.15, 0.2) is 23.1 Å². The number of rotatable bonds is 9. The molecule has 0 aliphatic carbocycles. The van der Waals surface area contributed by atoms with Gasteiger partial charge in [0.15, 0.2) is 11.6 Å². The van der Waals surface area contributed by atoms with E-state index in [1.54, 1.807) is 0 Å². The smallest absolute Gasteiger partial charge is 0.344 e. The molecular formula is C17H13F4O9S-. The standard InChI is InChI=1S/C17H14F4O9S/c18-11-13(20)16(31(25,26)27)14(21)12(19)15(11)30-17(24)8-5-9(28-3-1-22)7-10(6-8)29-4-2-23/h5-7,22-23H,1-4H2,(H,25,26,27)/p-1. The van der Waals surface area contributed by atoms with Crippen molar-refractivity contribution in [2.45, 2.75) is 4.90 Å². The first kappa shape index (κ1) is 24.3. The lowest BCUT2D eigenvalue weighted by Crippen LogP contribution is -2.16. The average Bonchev–Trinajstić information content (AvgIpc) is 2.71. The molecule has 0 unspecified atom stereocenters. The molecule has 170 valence electrons. The highest BCUT2D eigenvalue weighted by Crippen LogP contribution is 2.33. The molecule has 2 aromatic rings. The molecule has 0 bridgehead atoms. The summed E-state index contributed by atoms with van der Waals surface area (Å²) in [6, 6.07) is 3.18. The minimum atomic E-state index is -5.93. The summed E-state index contributed by atoms with van der Waals surface area (Å²) in [5.41, 5.74) is -0.497. The number of hydrogen-bond acceptors (Lipinski definition) is 9. The molecule has 0 radical (unpaired) electrons. The van der Waals surface area contributed by atoms with Crippen LogP contribution in [-0.2, 0) is 10.1 Å². The maximum absolute atomic E-state index is 14.0. The Morgan fingerprint density at radius 3 is 1.71 bits per heavy atom. The lowest BCUT2D eigenvalue weighted by Gasteiger charge is -2.14. The molecule has 0 heterocycles. The fourth-order valence-electron chi connectivity index (χ4n) is 2.24. The Morgan fingerprint density at radius 1 is 0.871 bits per heavy atom. The molecule has 9 nitrogen and oxygen atoms in total. The van der Waals surface area contributed by atoms with Crippen molar-refractivity contribution in [1.29, 1.82) is 0 Å². The van der Waals surface area contributed by atoms with Gasteiger partial charge in [0.25, 0.3) is 0 Å². The Labute approximate surface area is 172 Å². The number of aliphatic hydroxyl groups is 2. The third kappa shape index (κ3) is 5.61. The SMILES string of the molecule is O=C(Oc1c(F)c(F)c(S(=O)(=O)[O-])c(F)c1F)c1cc(OCCO)cc(OCCO)c1. The highest BCUT2D eigenvalue weighted by atomic mass is 32.2. The molecular weight excluding hydrogens is 456 g/mol. The fraction of sp³-hybridized carbons (Fsp3) is 0.235. The quantitative estimate of drug-likeness (QED) is 0.182. The van der Waals surface area contributed by atoms with E-state index in [1.165, 1.54) is 6.07 Å². The van der Waals surface area contributed by atoms with Crippen molar-refractivity contribution in [3.05, 3.63) is 47.0 Å². The van der Waals surface area contributed by atoms with E-state index in [4.69, 9.17) is 19.7 Å². The van der Waals surface area contributed by atoms with E-state index in [1.807, 2.05) is 0 Å². The van der Waals surface area contributed by atoms with Gasteiger partial charge >= 0.3 is 5.97 Å². The second-order valence-corrected chi connectivity index (χ2v) is 6.91. The summed E-state index contributed by atoms with van der Waals surface area (Å²) >= 11 is 0. The van der Waals surface area contributed by atoms with Crippen LogP contribution in [0.25, 0.3) is 0 Å². The first-order valence-electron chi connectivity index (χ1n) is 8.17. The van der Waals surface area contributed by atoms with Gasteiger partial charge in [-0.1, -0.05) is 0 Å². The second kappa shape index (κ2) is 9.91. The van der Waals surface area contributed by atoms with E-state index >= 15 is 0 Å². The van der Waals surface area contributed by atoms with E-state index in [0.29, 0.717) is 0 Å². The lowest BCUT2D eigenvalue weighted by molar-refractivity contribution is 0.0715. The number of ether oxygens (including phenoxy) is 3. The maximum atomic E-state index is 14.0. The largest absolute Gasteiger partial charge is 0.744 e. The summed E-state index contributed by atoms with van der Waals surface area (Å²) in [5.74, 6) is -13.6. The zero-order valence-corrected chi connectivity index (χ0v) is 16.0. The van der Waals surface area contributed by atoms with Crippen molar-refractivity contribution in [2.75, 3.05) is 26.4 Å². The first-order chi connectivity index (χ1) is 14.5. The van der Waals surface area contributed by atoms with Gasteiger partial charge in [-0.3, -0.25) is 0 Å². The Morgan fingerprint density at radius 2 is 1.32 bits per heavy atom. The summed E-state index contributed by atoms with van der Waals surface area (Å²) in [6.45, 7) is -1.26. The number of esters is 1. The molecule has 2 aromatic carbocycles. The Hall–Kier alpha value is -2.94. The van der Waals surface area contributed by atoms with Crippen LogP contribution in [0.5, 0.6) is 17.2 Å². The predicted octanol–water partition coefficient (Wildman–Crippen LogP) is 1.11. The molecule has 0 aliphatic rings. The molecule has 0 spiro atoms. The molecule has 2 rings (SSSR count). The summed E-state index contributed by atoms with van der Waals surface area (Å²) in [4.78, 5) is 9.88. The number of carbonyl (C=O) groups excluding carboxylic acids is 1. The monoisotopic (exact) mass is 469 g/mol. The highest BCUT2D eigenvalue weighted by Gasteiger charge is 2.31. The van der Waals surface area contributed by atoms with E-state index in [-0.39, 0.29) is 24.7 Å². The van der Waals surface area contributed by atoms with E-state index in [2.05, 4.69) is 4.74 Å². The second-order valence-electron chi connectivity index (χ2n) is 5.60. The van der Waals surface area contributed by atoms with Crippen LogP contribution in [0.4, 0.5) is 17.6 Å². The normalized spacial score (nSPS) is 11.3. The van der Waals surface area contributed by atoms with Crippen molar-refractivity contribution in [2.24, 2.45) is 0 Å². The van der Waals surface area contributed by atoms with Crippen molar-refractivity contribution in [3.63, 3.8) is 0 Å². The summed E-state index contributed by atoms with van der Waals surface area (Å²) in [5, 5.41) is 17.6. The van der Waals surface area contributed by atoms with Gasteiger partial charge in [0.1, 0.15) is 39.7 Å². The van der Waals surface area contributed by atoms with Crippen molar-refractivity contribution < 1.29 is 59.8 Å². The van der Waals surface area contributed by atoms with Gasteiger partial charge in [-0.05, 0) is 12.1 Å². The number of carbonyl (C=O) groups is 1. The summed E-state index contributed by atoms with van der Waals surface area (Å²) < 4.78 is 103. The van der Waals surface area contributed by atoms with Crippen molar-refractivity contribution >= 4 is 16.1 Å². The predicted molar refractivity (Wildman–Crippen MR) is 90.8 cm³/mol. The maximum Gasteiger partial charge on any atom is 0.344 e. The number of hydrogen-bond donors (Lipinski definition) is 2. The molecule has 0 amide bonds. The molecule has 0 fully saturated rings. The van der Waals surface area contributed by atoms with Gasteiger partial charge in [0.2, 0.25) is 17.4 Å². The molecule has 0 aromatic heterocycles. The van der Waals surface area contributed by atoms with Crippen LogP contribution in [-0.4, -0.2) is 55.6 Å². The molecule has 2 N–H and O–H groups in total. The number of benzene rings is 2. The summed E-state index contributed by atoms with van der Waals surface area (Å²) in [6.07, 6.45) is 0. The molecule has 0 saturated carbocycles. The highest BCUT2D eigenvalue weighted by molar-refractivity contribution is 7.85. The minimum Gasteiger partial charge on any atom is -0.744 e. The third-order valence-corrected chi connectivity index (χ3v) is 4.32. The van der Waals surface area contributed by atoms with Crippen LogP contribution < -0.4 is 14.2 Å². The fourth-order valence-corrected chi connectivity index (χ4v) is 2.85. The zero-order chi connectivity index (χ0) is 23.3. The van der Waals surface area contributed by atoms with E-state index in [0.717, 1.165) is 12.1 Å². The van der Waals surface area contributed by atoms with E-state index in [9.17, 15) is 35.3 Å².